The third-order valence-electron chi connectivity index (χ3n) is 1.12. The maximum Gasteiger partial charge on any atom is 0.145 e. The normalized spacial score (nSPS) is 8.50. The summed E-state index contributed by atoms with van der Waals surface area (Å²) in [6.45, 7) is 0. The Hall–Kier alpha value is -1.04. The molecule has 0 fully saturated rings. The van der Waals surface area contributed by atoms with Gasteiger partial charge >= 0.3 is 0 Å². The number of hydrogen-bond acceptors (Lipinski definition) is 1. The zero-order valence-corrected chi connectivity index (χ0v) is 5.93. The van der Waals surface area contributed by atoms with E-state index in [-0.39, 0.29) is 5.03 Å². The Morgan fingerprint density at radius 1 is 1.30 bits per heavy atom. The SMILES string of the molecule is O=C=C(Cl)c1ccccc1. The summed E-state index contributed by atoms with van der Waals surface area (Å²) in [4.78, 5) is 10.0. The molecule has 0 amide bonds. The van der Waals surface area contributed by atoms with Crippen molar-refractivity contribution in [3.8, 4) is 0 Å². The van der Waals surface area contributed by atoms with Crippen LogP contribution in [0.5, 0.6) is 0 Å². The molecule has 0 spiro atoms. The molecule has 0 aromatic heterocycles. The van der Waals surface area contributed by atoms with Crippen LogP contribution in [0.25, 0.3) is 5.03 Å². The summed E-state index contributed by atoms with van der Waals surface area (Å²) >= 11 is 5.48. The topological polar surface area (TPSA) is 17.1 Å². The van der Waals surface area contributed by atoms with E-state index in [0.29, 0.717) is 5.56 Å². The van der Waals surface area contributed by atoms with Crippen molar-refractivity contribution in [3.63, 3.8) is 0 Å². The van der Waals surface area contributed by atoms with Gasteiger partial charge in [-0.2, -0.15) is 0 Å². The van der Waals surface area contributed by atoms with Gasteiger partial charge < -0.3 is 0 Å². The van der Waals surface area contributed by atoms with Crippen molar-refractivity contribution in [3.05, 3.63) is 35.9 Å². The molecule has 0 saturated carbocycles. The minimum absolute atomic E-state index is 0.126. The molecule has 0 atom stereocenters. The minimum atomic E-state index is 0.126. The van der Waals surface area contributed by atoms with E-state index in [9.17, 15) is 4.79 Å². The van der Waals surface area contributed by atoms with Crippen LogP contribution in [0.15, 0.2) is 30.3 Å². The van der Waals surface area contributed by atoms with Crippen molar-refractivity contribution in [1.29, 1.82) is 0 Å². The van der Waals surface area contributed by atoms with E-state index in [1.54, 1.807) is 18.1 Å². The zero-order chi connectivity index (χ0) is 7.40. The van der Waals surface area contributed by atoms with Crippen molar-refractivity contribution in [2.45, 2.75) is 0 Å². The van der Waals surface area contributed by atoms with Crippen molar-refractivity contribution in [1.82, 2.24) is 0 Å². The predicted octanol–water partition coefficient (Wildman–Crippen LogP) is 2.10. The van der Waals surface area contributed by atoms with E-state index >= 15 is 0 Å². The van der Waals surface area contributed by atoms with E-state index in [2.05, 4.69) is 0 Å². The number of hydrogen-bond donors (Lipinski definition) is 0. The lowest BCUT2D eigenvalue weighted by atomic mass is 10.2. The second-order valence-electron chi connectivity index (χ2n) is 1.78. The van der Waals surface area contributed by atoms with Gasteiger partial charge in [0.05, 0.1) is 0 Å². The van der Waals surface area contributed by atoms with Crippen LogP contribution in [0.2, 0.25) is 0 Å². The molecule has 0 heterocycles. The molecule has 1 aromatic rings. The van der Waals surface area contributed by atoms with Crippen LogP contribution in [0.4, 0.5) is 0 Å². The average molecular weight is 153 g/mol. The molecule has 0 unspecified atom stereocenters. The lowest BCUT2D eigenvalue weighted by Gasteiger charge is -1.90. The Kier molecular flexibility index (Phi) is 2.27. The van der Waals surface area contributed by atoms with Gasteiger partial charge in [-0.15, -0.1) is 0 Å². The van der Waals surface area contributed by atoms with Gasteiger partial charge in [0.2, 0.25) is 0 Å². The van der Waals surface area contributed by atoms with Gasteiger partial charge in [-0.05, 0) is 0 Å². The van der Waals surface area contributed by atoms with E-state index < -0.39 is 0 Å². The van der Waals surface area contributed by atoms with Crippen LogP contribution in [-0.4, -0.2) is 5.94 Å². The van der Waals surface area contributed by atoms with Gasteiger partial charge in [-0.3, -0.25) is 0 Å². The van der Waals surface area contributed by atoms with Crippen LogP contribution in [0.1, 0.15) is 5.56 Å². The Morgan fingerprint density at radius 2 is 1.90 bits per heavy atom. The Morgan fingerprint density at radius 3 is 2.40 bits per heavy atom. The van der Waals surface area contributed by atoms with E-state index in [1.165, 1.54) is 0 Å². The molecule has 0 radical (unpaired) electrons. The highest BCUT2D eigenvalue weighted by atomic mass is 35.5. The third-order valence-corrected chi connectivity index (χ3v) is 1.41. The molecule has 0 N–H and O–H groups in total. The second-order valence-corrected chi connectivity index (χ2v) is 2.16. The van der Waals surface area contributed by atoms with E-state index in [1.807, 2.05) is 18.2 Å². The number of halogens is 1. The highest BCUT2D eigenvalue weighted by Crippen LogP contribution is 2.13. The lowest BCUT2D eigenvalue weighted by molar-refractivity contribution is 0.570. The highest BCUT2D eigenvalue weighted by Gasteiger charge is 1.93. The average Bonchev–Trinajstić information content (AvgIpc) is 2.05. The molecule has 0 bridgehead atoms. The Balaban J connectivity index is 3.08. The summed E-state index contributed by atoms with van der Waals surface area (Å²) in [6.07, 6.45) is 0. The second kappa shape index (κ2) is 3.21. The molecule has 0 saturated heterocycles. The molecule has 0 aliphatic carbocycles. The maximum absolute atomic E-state index is 10.0. The van der Waals surface area contributed by atoms with Gasteiger partial charge in [-0.25, -0.2) is 4.79 Å². The molecular weight excluding hydrogens is 148 g/mol. The van der Waals surface area contributed by atoms with Gasteiger partial charge in [-0.1, -0.05) is 41.9 Å². The predicted molar refractivity (Wildman–Crippen MR) is 41.4 cm³/mol. The van der Waals surface area contributed by atoms with Gasteiger partial charge in [0.25, 0.3) is 0 Å². The van der Waals surface area contributed by atoms with Crippen molar-refractivity contribution >= 4 is 22.6 Å². The van der Waals surface area contributed by atoms with Crippen molar-refractivity contribution in [2.75, 3.05) is 0 Å². The molecular formula is C8H5ClO. The summed E-state index contributed by atoms with van der Waals surface area (Å²) in [6, 6.07) is 9.00. The van der Waals surface area contributed by atoms with Gasteiger partial charge in [0, 0.05) is 5.56 Å². The molecule has 1 rings (SSSR count). The fourth-order valence-corrected chi connectivity index (χ4v) is 0.769. The summed E-state index contributed by atoms with van der Waals surface area (Å²) in [7, 11) is 0. The lowest BCUT2D eigenvalue weighted by Crippen LogP contribution is -1.73. The first-order valence-electron chi connectivity index (χ1n) is 2.80. The molecule has 10 heavy (non-hydrogen) atoms. The minimum Gasteiger partial charge on any atom is -0.232 e. The largest absolute Gasteiger partial charge is 0.232 e. The Bertz CT molecular complexity index is 260. The summed E-state index contributed by atoms with van der Waals surface area (Å²) < 4.78 is 0. The highest BCUT2D eigenvalue weighted by molar-refractivity contribution is 6.53. The maximum atomic E-state index is 10.0. The zero-order valence-electron chi connectivity index (χ0n) is 5.17. The molecule has 2 heteroatoms. The van der Waals surface area contributed by atoms with E-state index in [4.69, 9.17) is 11.6 Å². The first kappa shape index (κ1) is 7.07. The summed E-state index contributed by atoms with van der Waals surface area (Å²) in [5.74, 6) is 1.61. The van der Waals surface area contributed by atoms with Gasteiger partial charge in [0.15, 0.2) is 0 Å². The quantitative estimate of drug-likeness (QED) is 0.564. The van der Waals surface area contributed by atoms with Crippen molar-refractivity contribution in [2.24, 2.45) is 0 Å². The number of carbonyl (C=O) groups excluding carboxylic acids is 1. The first-order chi connectivity index (χ1) is 4.84. The van der Waals surface area contributed by atoms with Crippen LogP contribution in [0.3, 0.4) is 0 Å². The van der Waals surface area contributed by atoms with Crippen LogP contribution >= 0.6 is 11.6 Å². The van der Waals surface area contributed by atoms with Crippen molar-refractivity contribution < 1.29 is 4.79 Å². The summed E-state index contributed by atoms with van der Waals surface area (Å²) in [5.41, 5.74) is 0.708. The van der Waals surface area contributed by atoms with Crippen LogP contribution in [0, 0.1) is 0 Å². The molecule has 1 aromatic carbocycles. The standard InChI is InChI=1S/C8H5ClO/c9-8(6-10)7-4-2-1-3-5-7/h1-5H. The fourth-order valence-electron chi connectivity index (χ4n) is 0.643. The smallest absolute Gasteiger partial charge is 0.145 e. The number of benzene rings is 1. The first-order valence-corrected chi connectivity index (χ1v) is 3.18. The summed E-state index contributed by atoms with van der Waals surface area (Å²) in [5, 5.41) is 0.126. The Labute approximate surface area is 63.9 Å². The fraction of sp³-hybridized carbons (Fsp3) is 0. The monoisotopic (exact) mass is 152 g/mol. The molecule has 0 aliphatic rings. The van der Waals surface area contributed by atoms with Crippen LogP contribution < -0.4 is 0 Å². The van der Waals surface area contributed by atoms with Crippen LogP contribution in [-0.2, 0) is 4.79 Å². The molecule has 50 valence electrons. The van der Waals surface area contributed by atoms with Gasteiger partial charge in [0.1, 0.15) is 11.0 Å². The number of rotatable bonds is 1. The third kappa shape index (κ3) is 1.47. The molecule has 0 aliphatic heterocycles. The van der Waals surface area contributed by atoms with E-state index in [0.717, 1.165) is 0 Å². The molecule has 1 nitrogen and oxygen atoms in total.